The average molecular weight is 307 g/mol. The number of aliphatic hydroxyl groups is 2. The molecule has 9 nitrogen and oxygen atoms in total. The van der Waals surface area contributed by atoms with E-state index in [4.69, 9.17) is 16.2 Å². The van der Waals surface area contributed by atoms with E-state index in [0.29, 0.717) is 17.5 Å². The molecule has 0 bridgehead atoms. The van der Waals surface area contributed by atoms with Gasteiger partial charge in [-0.05, 0) is 6.42 Å². The van der Waals surface area contributed by atoms with Gasteiger partial charge in [0.2, 0.25) is 0 Å². The highest BCUT2D eigenvalue weighted by molar-refractivity contribution is 6.08. The molecule has 1 aliphatic rings. The van der Waals surface area contributed by atoms with Gasteiger partial charge in [0.25, 0.3) is 5.91 Å². The molecule has 0 saturated carbocycles. The molecule has 6 N–H and O–H groups in total. The number of ether oxygens (including phenoxy) is 1. The van der Waals surface area contributed by atoms with Crippen LogP contribution in [-0.2, 0) is 4.74 Å². The van der Waals surface area contributed by atoms with E-state index in [-0.39, 0.29) is 11.4 Å². The average Bonchev–Trinajstić information content (AvgIpc) is 3.00. The van der Waals surface area contributed by atoms with Gasteiger partial charge in [0, 0.05) is 6.20 Å². The number of anilines is 1. The Morgan fingerprint density at radius 1 is 1.41 bits per heavy atom. The Kier molecular flexibility index (Phi) is 3.47. The Balaban J connectivity index is 2.16. The van der Waals surface area contributed by atoms with Crippen LogP contribution in [0.4, 0.5) is 5.82 Å². The lowest BCUT2D eigenvalue weighted by Gasteiger charge is -2.17. The molecular weight excluding hydrogens is 290 g/mol. The quantitative estimate of drug-likeness (QED) is 0.576. The number of amides is 1. The van der Waals surface area contributed by atoms with Gasteiger partial charge in [-0.15, -0.1) is 0 Å². The van der Waals surface area contributed by atoms with E-state index in [0.717, 1.165) is 0 Å². The number of rotatable bonds is 3. The van der Waals surface area contributed by atoms with Gasteiger partial charge in [-0.1, -0.05) is 6.92 Å². The Morgan fingerprint density at radius 2 is 2.14 bits per heavy atom. The molecule has 0 aliphatic carbocycles. The molecule has 3 rings (SSSR count). The summed E-state index contributed by atoms with van der Waals surface area (Å²) >= 11 is 0. The molecule has 2 aromatic rings. The predicted molar refractivity (Wildman–Crippen MR) is 76.7 cm³/mol. The molecule has 4 atom stereocenters. The molecule has 2 aromatic heterocycles. The van der Waals surface area contributed by atoms with Crippen molar-refractivity contribution in [1.29, 1.82) is 0 Å². The zero-order valence-electron chi connectivity index (χ0n) is 11.9. The maximum Gasteiger partial charge on any atom is 0.251 e. The molecule has 0 unspecified atom stereocenters. The molecule has 22 heavy (non-hydrogen) atoms. The fraction of sp³-hybridized carbons (Fsp3) is 0.462. The van der Waals surface area contributed by atoms with Crippen molar-refractivity contribution in [3.63, 3.8) is 0 Å². The van der Waals surface area contributed by atoms with Crippen LogP contribution < -0.4 is 11.5 Å². The first kappa shape index (κ1) is 14.7. The van der Waals surface area contributed by atoms with Gasteiger partial charge in [0.15, 0.2) is 6.23 Å². The number of hydrogen-bond acceptors (Lipinski definition) is 7. The number of nitrogens with two attached hydrogens (primary N) is 2. The Bertz CT molecular complexity index is 731. The summed E-state index contributed by atoms with van der Waals surface area (Å²) in [6.45, 7) is 1.84. The molecule has 0 spiro atoms. The van der Waals surface area contributed by atoms with Crippen molar-refractivity contribution in [1.82, 2.24) is 14.5 Å². The molecule has 0 aromatic carbocycles. The minimum absolute atomic E-state index is 0.109. The SMILES string of the molecule is CC[C@H]1O[C@@H](n2cc(C(N)=O)c3c(N)ncnc32)[C@H](O)[C@@H]1O. The summed E-state index contributed by atoms with van der Waals surface area (Å²) in [5.74, 6) is -0.581. The second-order valence-corrected chi connectivity index (χ2v) is 5.23. The van der Waals surface area contributed by atoms with E-state index in [2.05, 4.69) is 9.97 Å². The van der Waals surface area contributed by atoms with E-state index in [9.17, 15) is 15.0 Å². The normalized spacial score (nSPS) is 28.3. The van der Waals surface area contributed by atoms with Crippen molar-refractivity contribution in [2.24, 2.45) is 5.73 Å². The minimum Gasteiger partial charge on any atom is -0.388 e. The van der Waals surface area contributed by atoms with Gasteiger partial charge in [0.05, 0.1) is 17.1 Å². The van der Waals surface area contributed by atoms with E-state index in [1.54, 1.807) is 0 Å². The standard InChI is InChI=1S/C13H17N5O4/c1-2-6-8(19)9(20)13(22-6)18-3-5(11(15)21)7-10(14)16-4-17-12(7)18/h3-4,6,8-9,13,19-20H,2H2,1H3,(H2,15,21)(H2,14,16,17)/t6-,8-,9-,13-/m1/s1. The largest absolute Gasteiger partial charge is 0.388 e. The number of aromatic nitrogens is 3. The fourth-order valence-electron chi connectivity index (χ4n) is 2.79. The smallest absolute Gasteiger partial charge is 0.251 e. The van der Waals surface area contributed by atoms with Crippen LogP contribution in [0.3, 0.4) is 0 Å². The van der Waals surface area contributed by atoms with Gasteiger partial charge in [-0.3, -0.25) is 4.79 Å². The van der Waals surface area contributed by atoms with Crippen LogP contribution in [-0.4, -0.2) is 49.0 Å². The summed E-state index contributed by atoms with van der Waals surface area (Å²) in [6.07, 6.45) is -0.377. The number of carbonyl (C=O) groups excluding carboxylic acids is 1. The highest BCUT2D eigenvalue weighted by Gasteiger charge is 2.43. The second kappa shape index (κ2) is 5.20. The highest BCUT2D eigenvalue weighted by atomic mass is 16.6. The number of aliphatic hydroxyl groups excluding tert-OH is 2. The number of primary amides is 1. The molecule has 1 fully saturated rings. The summed E-state index contributed by atoms with van der Waals surface area (Å²) in [6, 6.07) is 0. The monoisotopic (exact) mass is 307 g/mol. The molecule has 1 amide bonds. The maximum absolute atomic E-state index is 11.6. The second-order valence-electron chi connectivity index (χ2n) is 5.23. The third kappa shape index (κ3) is 2.02. The van der Waals surface area contributed by atoms with Crippen LogP contribution in [0.5, 0.6) is 0 Å². The van der Waals surface area contributed by atoms with E-state index >= 15 is 0 Å². The summed E-state index contributed by atoms with van der Waals surface area (Å²) < 4.78 is 7.13. The fourth-order valence-corrected chi connectivity index (χ4v) is 2.79. The topological polar surface area (TPSA) is 150 Å². The third-order valence-electron chi connectivity index (χ3n) is 3.92. The molecule has 0 radical (unpaired) electrons. The maximum atomic E-state index is 11.6. The molecule has 118 valence electrons. The van der Waals surface area contributed by atoms with Gasteiger partial charge in [0.1, 0.15) is 30.0 Å². The molecule has 3 heterocycles. The van der Waals surface area contributed by atoms with Crippen LogP contribution in [0.2, 0.25) is 0 Å². The highest BCUT2D eigenvalue weighted by Crippen LogP contribution is 2.35. The first-order valence-corrected chi connectivity index (χ1v) is 6.88. The number of carbonyl (C=O) groups is 1. The minimum atomic E-state index is -1.16. The lowest BCUT2D eigenvalue weighted by molar-refractivity contribution is -0.0353. The van der Waals surface area contributed by atoms with E-state index < -0.39 is 30.4 Å². The summed E-state index contributed by atoms with van der Waals surface area (Å²) in [7, 11) is 0. The van der Waals surface area contributed by atoms with Gasteiger partial charge in [-0.25, -0.2) is 9.97 Å². The first-order valence-electron chi connectivity index (χ1n) is 6.88. The van der Waals surface area contributed by atoms with Crippen LogP contribution in [0, 0.1) is 0 Å². The van der Waals surface area contributed by atoms with Crippen molar-refractivity contribution >= 4 is 22.8 Å². The Hall–Kier alpha value is -2.23. The number of nitrogen functional groups attached to an aromatic ring is 1. The molecule has 1 aliphatic heterocycles. The lowest BCUT2D eigenvalue weighted by Crippen LogP contribution is -2.31. The van der Waals surface area contributed by atoms with Crippen molar-refractivity contribution < 1.29 is 19.7 Å². The number of fused-ring (bicyclic) bond motifs is 1. The van der Waals surface area contributed by atoms with Crippen molar-refractivity contribution in [3.8, 4) is 0 Å². The Morgan fingerprint density at radius 3 is 2.73 bits per heavy atom. The first-order chi connectivity index (χ1) is 10.5. The molecular formula is C13H17N5O4. The van der Waals surface area contributed by atoms with Crippen molar-refractivity contribution in [2.75, 3.05) is 5.73 Å². The Labute approximate surface area is 125 Å². The van der Waals surface area contributed by atoms with E-state index in [1.165, 1.54) is 17.1 Å². The summed E-state index contributed by atoms with van der Waals surface area (Å²) in [4.78, 5) is 19.5. The van der Waals surface area contributed by atoms with Gasteiger partial charge < -0.3 is 31.0 Å². The van der Waals surface area contributed by atoms with Gasteiger partial charge in [-0.2, -0.15) is 0 Å². The molecule has 9 heteroatoms. The lowest BCUT2D eigenvalue weighted by atomic mass is 10.1. The summed E-state index contributed by atoms with van der Waals surface area (Å²) in [5, 5.41) is 20.5. The zero-order valence-corrected chi connectivity index (χ0v) is 11.9. The number of nitrogens with zero attached hydrogens (tertiary/aromatic N) is 3. The van der Waals surface area contributed by atoms with Crippen molar-refractivity contribution in [2.45, 2.75) is 37.9 Å². The zero-order chi connectivity index (χ0) is 16.0. The summed E-state index contributed by atoms with van der Waals surface area (Å²) in [5.41, 5.74) is 11.6. The van der Waals surface area contributed by atoms with Crippen LogP contribution in [0.1, 0.15) is 29.9 Å². The van der Waals surface area contributed by atoms with Crippen LogP contribution in [0.25, 0.3) is 11.0 Å². The van der Waals surface area contributed by atoms with Crippen molar-refractivity contribution in [3.05, 3.63) is 18.1 Å². The predicted octanol–water partition coefficient (Wildman–Crippen LogP) is -0.858. The third-order valence-corrected chi connectivity index (χ3v) is 3.92. The van der Waals surface area contributed by atoms with Gasteiger partial charge >= 0.3 is 0 Å². The van der Waals surface area contributed by atoms with Crippen LogP contribution in [0.15, 0.2) is 12.5 Å². The number of hydrogen-bond donors (Lipinski definition) is 4. The van der Waals surface area contributed by atoms with Crippen LogP contribution >= 0.6 is 0 Å². The van der Waals surface area contributed by atoms with E-state index in [1.807, 2.05) is 6.92 Å². The molecule has 1 saturated heterocycles.